The summed E-state index contributed by atoms with van der Waals surface area (Å²) in [5.74, 6) is 0. The second-order valence-electron chi connectivity index (χ2n) is 6.75. The van der Waals surface area contributed by atoms with Crippen molar-refractivity contribution in [2.75, 3.05) is 12.4 Å². The van der Waals surface area contributed by atoms with Crippen LogP contribution in [0.15, 0.2) is 65.2 Å². The van der Waals surface area contributed by atoms with Gasteiger partial charge in [0.05, 0.1) is 11.4 Å². The lowest BCUT2D eigenvalue weighted by Gasteiger charge is -2.18. The lowest BCUT2D eigenvalue weighted by molar-refractivity contribution is 0.734. The largest absolute Gasteiger partial charge is 0.386 e. The first-order valence-corrected chi connectivity index (χ1v) is 9.64. The zero-order valence-electron chi connectivity index (χ0n) is 16.9. The van der Waals surface area contributed by atoms with Crippen molar-refractivity contribution in [2.45, 2.75) is 46.6 Å². The van der Waals surface area contributed by atoms with Gasteiger partial charge in [-0.15, -0.1) is 0 Å². The molecule has 4 nitrogen and oxygen atoms in total. The molecule has 0 amide bonds. The first-order chi connectivity index (χ1) is 13.1. The number of likely N-dealkylation sites (N-methyl/N-ethyl adjacent to an activating group) is 1. The lowest BCUT2D eigenvalue weighted by atomic mass is 10.0. The van der Waals surface area contributed by atoms with Gasteiger partial charge in [0.2, 0.25) is 0 Å². The Kier molecular flexibility index (Phi) is 7.93. The van der Waals surface area contributed by atoms with Gasteiger partial charge in [-0.1, -0.05) is 37.3 Å². The third-order valence-corrected chi connectivity index (χ3v) is 4.69. The minimum absolute atomic E-state index is 0.842. The highest BCUT2D eigenvalue weighted by Crippen LogP contribution is 2.22. The number of anilines is 1. The van der Waals surface area contributed by atoms with Gasteiger partial charge in [-0.25, -0.2) is 0 Å². The van der Waals surface area contributed by atoms with Crippen molar-refractivity contribution in [1.82, 2.24) is 10.6 Å². The predicted molar refractivity (Wildman–Crippen MR) is 117 cm³/mol. The van der Waals surface area contributed by atoms with E-state index in [-0.39, 0.29) is 0 Å². The molecule has 4 N–H and O–H groups in total. The second kappa shape index (κ2) is 10.4. The highest BCUT2D eigenvalue weighted by atomic mass is 15.0. The Morgan fingerprint density at radius 3 is 2.67 bits per heavy atom. The van der Waals surface area contributed by atoms with E-state index in [4.69, 9.17) is 5.41 Å². The Labute approximate surface area is 163 Å². The summed E-state index contributed by atoms with van der Waals surface area (Å²) in [6.45, 7) is 7.24. The normalized spacial score (nSPS) is 15.0. The molecular formula is C23H32N4. The van der Waals surface area contributed by atoms with E-state index in [9.17, 15) is 0 Å². The third kappa shape index (κ3) is 5.88. The quantitative estimate of drug-likeness (QED) is 0.361. The van der Waals surface area contributed by atoms with Crippen molar-refractivity contribution in [1.29, 1.82) is 5.41 Å². The van der Waals surface area contributed by atoms with Crippen LogP contribution >= 0.6 is 0 Å². The standard InChI is InChI=1S/C23H32N4/c1-5-8-23(22(25-4)13-14-24)27-21-12-11-19(15-18(21)3)16-26-20-10-7-6-9-17(20)2/h6,8-9,11-15,24-27H,5,7,10,16H2,1-4H3/b22-13-,23-8+,24-14?. The number of aryl methyl sites for hydroxylation is 1. The number of benzene rings is 1. The fourth-order valence-corrected chi connectivity index (χ4v) is 3.17. The van der Waals surface area contributed by atoms with Crippen LogP contribution in [0.5, 0.6) is 0 Å². The van der Waals surface area contributed by atoms with Crippen molar-refractivity contribution >= 4 is 11.9 Å². The van der Waals surface area contributed by atoms with Crippen molar-refractivity contribution in [3.05, 3.63) is 76.3 Å². The van der Waals surface area contributed by atoms with E-state index in [1.807, 2.05) is 7.05 Å². The van der Waals surface area contributed by atoms with E-state index in [1.165, 1.54) is 28.6 Å². The van der Waals surface area contributed by atoms with Crippen LogP contribution in [0.2, 0.25) is 0 Å². The maximum atomic E-state index is 7.35. The van der Waals surface area contributed by atoms with E-state index in [1.54, 1.807) is 6.08 Å². The molecule has 0 spiro atoms. The summed E-state index contributed by atoms with van der Waals surface area (Å²) in [4.78, 5) is 0. The molecule has 1 aliphatic carbocycles. The summed E-state index contributed by atoms with van der Waals surface area (Å²) >= 11 is 0. The molecule has 0 atom stereocenters. The fraction of sp³-hybridized carbons (Fsp3) is 0.348. The van der Waals surface area contributed by atoms with E-state index in [2.05, 4.69) is 73.1 Å². The van der Waals surface area contributed by atoms with Gasteiger partial charge in [-0.3, -0.25) is 0 Å². The zero-order valence-corrected chi connectivity index (χ0v) is 16.9. The molecule has 4 heteroatoms. The Morgan fingerprint density at radius 2 is 2.04 bits per heavy atom. The molecule has 0 aromatic heterocycles. The maximum Gasteiger partial charge on any atom is 0.0588 e. The van der Waals surface area contributed by atoms with Crippen LogP contribution in [0.25, 0.3) is 0 Å². The zero-order chi connectivity index (χ0) is 19.6. The fourth-order valence-electron chi connectivity index (χ4n) is 3.17. The number of nitrogens with one attached hydrogen (secondary N) is 4. The molecule has 0 unspecified atom stereocenters. The summed E-state index contributed by atoms with van der Waals surface area (Å²) < 4.78 is 0. The molecule has 144 valence electrons. The molecule has 1 aromatic rings. The van der Waals surface area contributed by atoms with Crippen molar-refractivity contribution in [3.8, 4) is 0 Å². The molecule has 1 aliphatic rings. The number of hydrogen-bond donors (Lipinski definition) is 4. The molecule has 27 heavy (non-hydrogen) atoms. The van der Waals surface area contributed by atoms with Crippen LogP contribution in [-0.4, -0.2) is 13.3 Å². The van der Waals surface area contributed by atoms with Crippen LogP contribution in [-0.2, 0) is 6.54 Å². The van der Waals surface area contributed by atoms with Gasteiger partial charge < -0.3 is 21.4 Å². The Bertz CT molecular complexity index is 782. The second-order valence-corrected chi connectivity index (χ2v) is 6.75. The van der Waals surface area contributed by atoms with Gasteiger partial charge in [0.1, 0.15) is 0 Å². The van der Waals surface area contributed by atoms with Gasteiger partial charge in [0.15, 0.2) is 0 Å². The smallest absolute Gasteiger partial charge is 0.0588 e. The van der Waals surface area contributed by atoms with Gasteiger partial charge in [-0.2, -0.15) is 0 Å². The van der Waals surface area contributed by atoms with E-state index < -0.39 is 0 Å². The Hall–Kier alpha value is -2.75. The SMILES string of the molecule is CC/C=C(Nc1ccc(CNC2=C(C)C=CCC2)cc1C)\C(=C\C=N)NC. The summed E-state index contributed by atoms with van der Waals surface area (Å²) in [6.07, 6.45) is 12.8. The molecule has 0 saturated carbocycles. The van der Waals surface area contributed by atoms with Crippen LogP contribution in [0.3, 0.4) is 0 Å². The summed E-state index contributed by atoms with van der Waals surface area (Å²) in [5, 5.41) is 17.6. The van der Waals surface area contributed by atoms with Gasteiger partial charge in [0.25, 0.3) is 0 Å². The predicted octanol–water partition coefficient (Wildman–Crippen LogP) is 5.17. The topological polar surface area (TPSA) is 59.9 Å². The molecule has 2 rings (SSSR count). The molecule has 0 heterocycles. The van der Waals surface area contributed by atoms with Crippen LogP contribution in [0, 0.1) is 12.3 Å². The molecule has 0 bridgehead atoms. The minimum Gasteiger partial charge on any atom is -0.386 e. The summed E-state index contributed by atoms with van der Waals surface area (Å²) in [6, 6.07) is 6.53. The summed E-state index contributed by atoms with van der Waals surface area (Å²) in [7, 11) is 1.87. The highest BCUT2D eigenvalue weighted by Gasteiger charge is 2.08. The van der Waals surface area contributed by atoms with E-state index >= 15 is 0 Å². The number of rotatable bonds is 9. The van der Waals surface area contributed by atoms with Crippen molar-refractivity contribution < 1.29 is 0 Å². The van der Waals surface area contributed by atoms with E-state index in [0.717, 1.165) is 42.9 Å². The van der Waals surface area contributed by atoms with Gasteiger partial charge >= 0.3 is 0 Å². The summed E-state index contributed by atoms with van der Waals surface area (Å²) in [5.41, 5.74) is 8.15. The molecule has 1 aromatic carbocycles. The molecule has 0 fully saturated rings. The Balaban J connectivity index is 2.11. The van der Waals surface area contributed by atoms with Gasteiger partial charge in [0, 0.05) is 31.2 Å². The number of allylic oxidation sites excluding steroid dienone is 6. The Morgan fingerprint density at radius 1 is 1.22 bits per heavy atom. The van der Waals surface area contributed by atoms with Crippen LogP contribution in [0.1, 0.15) is 44.2 Å². The molecule has 0 saturated heterocycles. The minimum atomic E-state index is 0.842. The lowest BCUT2D eigenvalue weighted by Crippen LogP contribution is -2.16. The average Bonchev–Trinajstić information content (AvgIpc) is 2.67. The average molecular weight is 365 g/mol. The molecular weight excluding hydrogens is 332 g/mol. The highest BCUT2D eigenvalue weighted by molar-refractivity contribution is 5.71. The van der Waals surface area contributed by atoms with Crippen LogP contribution in [0.4, 0.5) is 5.69 Å². The third-order valence-electron chi connectivity index (χ3n) is 4.69. The molecule has 0 radical (unpaired) electrons. The van der Waals surface area contributed by atoms with E-state index in [0.29, 0.717) is 0 Å². The van der Waals surface area contributed by atoms with Gasteiger partial charge in [-0.05, 0) is 62.0 Å². The molecule has 0 aliphatic heterocycles. The first kappa shape index (κ1) is 20.6. The van der Waals surface area contributed by atoms with Crippen molar-refractivity contribution in [2.24, 2.45) is 0 Å². The number of hydrogen-bond acceptors (Lipinski definition) is 4. The first-order valence-electron chi connectivity index (χ1n) is 9.64. The van der Waals surface area contributed by atoms with Crippen LogP contribution < -0.4 is 16.0 Å². The maximum absolute atomic E-state index is 7.35. The van der Waals surface area contributed by atoms with Crippen molar-refractivity contribution in [3.63, 3.8) is 0 Å². The monoisotopic (exact) mass is 364 g/mol.